The molecule has 9 heteroatoms. The molecule has 0 amide bonds. The van der Waals surface area contributed by atoms with Gasteiger partial charge < -0.3 is 4.74 Å². The minimum absolute atomic E-state index is 0.191. The van der Waals surface area contributed by atoms with E-state index >= 15 is 0 Å². The van der Waals surface area contributed by atoms with Crippen LogP contribution in [0.4, 0.5) is 0 Å². The van der Waals surface area contributed by atoms with Gasteiger partial charge in [0.1, 0.15) is 6.54 Å². The highest BCUT2D eigenvalue weighted by Gasteiger charge is 2.28. The topological polar surface area (TPSA) is 98.6 Å². The molecule has 0 atom stereocenters. The van der Waals surface area contributed by atoms with Gasteiger partial charge in [0, 0.05) is 30.3 Å². The SMILES string of the molecule is Cc1ccc(-c2ccc(=O)n(CC(=O)c3ccccc3)n2)cc1S(=O)(=O)N1CCOCC1. The lowest BCUT2D eigenvalue weighted by molar-refractivity contribution is 0.0730. The third-order valence-electron chi connectivity index (χ3n) is 5.33. The number of aryl methyl sites for hydroxylation is 1. The first-order chi connectivity index (χ1) is 15.4. The monoisotopic (exact) mass is 453 g/mol. The number of rotatable bonds is 6. The Bertz CT molecular complexity index is 1300. The summed E-state index contributed by atoms with van der Waals surface area (Å²) in [5.74, 6) is -0.239. The van der Waals surface area contributed by atoms with Gasteiger partial charge in [-0.15, -0.1) is 0 Å². The second kappa shape index (κ2) is 9.15. The molecule has 0 saturated carbocycles. The normalized spacial score (nSPS) is 14.9. The third kappa shape index (κ3) is 4.55. The van der Waals surface area contributed by atoms with Gasteiger partial charge in [-0.1, -0.05) is 42.5 Å². The Morgan fingerprint density at radius 3 is 2.47 bits per heavy atom. The summed E-state index contributed by atoms with van der Waals surface area (Å²) in [6.07, 6.45) is 0. The van der Waals surface area contributed by atoms with Crippen molar-refractivity contribution in [3.63, 3.8) is 0 Å². The standard InChI is InChI=1S/C23H23N3O5S/c1-17-7-8-19(15-22(17)32(29,30)25-11-13-31-14-12-25)20-9-10-23(28)26(24-20)16-21(27)18-5-3-2-4-6-18/h2-10,15H,11-14,16H2,1H3. The molecule has 2 aromatic carbocycles. The molecule has 0 bridgehead atoms. The van der Waals surface area contributed by atoms with Crippen LogP contribution in [0.2, 0.25) is 0 Å². The minimum Gasteiger partial charge on any atom is -0.379 e. The van der Waals surface area contributed by atoms with Gasteiger partial charge in [0.25, 0.3) is 5.56 Å². The van der Waals surface area contributed by atoms with Crippen molar-refractivity contribution in [2.45, 2.75) is 18.4 Å². The van der Waals surface area contributed by atoms with Crippen molar-refractivity contribution in [3.05, 3.63) is 82.1 Å². The minimum atomic E-state index is -3.69. The number of ketones is 1. The van der Waals surface area contributed by atoms with Crippen LogP contribution in [0.25, 0.3) is 11.3 Å². The molecule has 0 aliphatic carbocycles. The quantitative estimate of drug-likeness (QED) is 0.530. The predicted octanol–water partition coefficient (Wildman–Crippen LogP) is 2.12. The van der Waals surface area contributed by atoms with Crippen molar-refractivity contribution in [3.8, 4) is 11.3 Å². The molecule has 0 N–H and O–H groups in total. The van der Waals surface area contributed by atoms with Crippen LogP contribution >= 0.6 is 0 Å². The van der Waals surface area contributed by atoms with E-state index in [1.807, 2.05) is 6.07 Å². The lowest BCUT2D eigenvalue weighted by Gasteiger charge is -2.26. The molecule has 32 heavy (non-hydrogen) atoms. The molecule has 1 aliphatic heterocycles. The van der Waals surface area contributed by atoms with Crippen molar-refractivity contribution >= 4 is 15.8 Å². The van der Waals surface area contributed by atoms with Crippen LogP contribution in [0.15, 0.2) is 70.4 Å². The number of sulfonamides is 1. The summed E-state index contributed by atoms with van der Waals surface area (Å²) in [4.78, 5) is 25.0. The number of hydrogen-bond acceptors (Lipinski definition) is 6. The Hall–Kier alpha value is -3.14. The maximum Gasteiger partial charge on any atom is 0.267 e. The first-order valence-electron chi connectivity index (χ1n) is 10.2. The van der Waals surface area contributed by atoms with Crippen LogP contribution in [0.5, 0.6) is 0 Å². The number of Topliss-reactive ketones (excluding diaryl/α,β-unsaturated/α-hetero) is 1. The Morgan fingerprint density at radius 1 is 1.03 bits per heavy atom. The molecule has 1 aromatic heterocycles. The van der Waals surface area contributed by atoms with E-state index in [4.69, 9.17) is 4.74 Å². The van der Waals surface area contributed by atoms with Crippen LogP contribution < -0.4 is 5.56 Å². The van der Waals surface area contributed by atoms with Gasteiger partial charge in [-0.25, -0.2) is 13.1 Å². The molecule has 166 valence electrons. The van der Waals surface area contributed by atoms with Crippen molar-refractivity contribution in [2.75, 3.05) is 26.3 Å². The van der Waals surface area contributed by atoms with Gasteiger partial charge in [-0.3, -0.25) is 9.59 Å². The summed E-state index contributed by atoms with van der Waals surface area (Å²) >= 11 is 0. The van der Waals surface area contributed by atoms with E-state index < -0.39 is 15.6 Å². The Kier molecular flexibility index (Phi) is 6.31. The van der Waals surface area contributed by atoms with E-state index in [-0.39, 0.29) is 17.2 Å². The zero-order valence-electron chi connectivity index (χ0n) is 17.6. The van der Waals surface area contributed by atoms with E-state index in [0.717, 1.165) is 4.68 Å². The summed E-state index contributed by atoms with van der Waals surface area (Å²) in [5.41, 5.74) is 1.65. The number of carbonyl (C=O) groups is 1. The van der Waals surface area contributed by atoms with Crippen molar-refractivity contribution < 1.29 is 17.9 Å². The number of carbonyl (C=O) groups excluding carboxylic acids is 1. The van der Waals surface area contributed by atoms with Crippen molar-refractivity contribution in [1.82, 2.24) is 14.1 Å². The fourth-order valence-electron chi connectivity index (χ4n) is 3.53. The van der Waals surface area contributed by atoms with Gasteiger partial charge in [-0.05, 0) is 24.6 Å². The van der Waals surface area contributed by atoms with Crippen LogP contribution in [0.1, 0.15) is 15.9 Å². The van der Waals surface area contributed by atoms with Crippen LogP contribution in [0.3, 0.4) is 0 Å². The fraction of sp³-hybridized carbons (Fsp3) is 0.261. The highest BCUT2D eigenvalue weighted by molar-refractivity contribution is 7.89. The highest BCUT2D eigenvalue weighted by Crippen LogP contribution is 2.26. The summed E-state index contributed by atoms with van der Waals surface area (Å²) in [7, 11) is -3.69. The maximum absolute atomic E-state index is 13.2. The Morgan fingerprint density at radius 2 is 1.75 bits per heavy atom. The van der Waals surface area contributed by atoms with E-state index in [1.165, 1.54) is 16.4 Å². The summed E-state index contributed by atoms with van der Waals surface area (Å²) in [5, 5.41) is 4.33. The summed E-state index contributed by atoms with van der Waals surface area (Å²) < 4.78 is 34.1. The molecule has 0 spiro atoms. The second-order valence-corrected chi connectivity index (χ2v) is 9.41. The number of benzene rings is 2. The smallest absolute Gasteiger partial charge is 0.267 e. The van der Waals surface area contributed by atoms with Gasteiger partial charge in [0.2, 0.25) is 10.0 Å². The average molecular weight is 454 g/mol. The van der Waals surface area contributed by atoms with Gasteiger partial charge >= 0.3 is 0 Å². The number of ether oxygens (including phenoxy) is 1. The second-order valence-electron chi connectivity index (χ2n) is 7.50. The average Bonchev–Trinajstić information content (AvgIpc) is 2.82. The molecule has 0 radical (unpaired) electrons. The predicted molar refractivity (Wildman–Crippen MR) is 119 cm³/mol. The third-order valence-corrected chi connectivity index (χ3v) is 7.37. The number of aromatic nitrogens is 2. The number of morpholine rings is 1. The fourth-order valence-corrected chi connectivity index (χ4v) is 5.19. The molecule has 8 nitrogen and oxygen atoms in total. The summed E-state index contributed by atoms with van der Waals surface area (Å²) in [6, 6.07) is 16.6. The molecule has 0 unspecified atom stereocenters. The van der Waals surface area contributed by atoms with E-state index in [2.05, 4.69) is 5.10 Å². The van der Waals surface area contributed by atoms with Gasteiger partial charge in [0.15, 0.2) is 5.78 Å². The molecule has 1 fully saturated rings. The molecule has 2 heterocycles. The first-order valence-corrected chi connectivity index (χ1v) is 11.7. The number of hydrogen-bond donors (Lipinski definition) is 0. The van der Waals surface area contributed by atoms with Gasteiger partial charge in [0.05, 0.1) is 23.8 Å². The Labute approximate surface area is 186 Å². The van der Waals surface area contributed by atoms with Crippen LogP contribution in [-0.2, 0) is 21.3 Å². The van der Waals surface area contributed by atoms with Crippen molar-refractivity contribution in [2.24, 2.45) is 0 Å². The zero-order chi connectivity index (χ0) is 22.7. The number of nitrogens with zero attached hydrogens (tertiary/aromatic N) is 3. The molecule has 1 aliphatic rings. The lowest BCUT2D eigenvalue weighted by atomic mass is 10.1. The molecule has 4 rings (SSSR count). The highest BCUT2D eigenvalue weighted by atomic mass is 32.2. The molecular formula is C23H23N3O5S. The van der Waals surface area contributed by atoms with E-state index in [1.54, 1.807) is 49.4 Å². The first kappa shape index (κ1) is 22.1. The molecule has 3 aromatic rings. The van der Waals surface area contributed by atoms with Gasteiger partial charge in [-0.2, -0.15) is 9.40 Å². The largest absolute Gasteiger partial charge is 0.379 e. The lowest BCUT2D eigenvalue weighted by Crippen LogP contribution is -2.40. The van der Waals surface area contributed by atoms with Crippen molar-refractivity contribution in [1.29, 1.82) is 0 Å². The van der Waals surface area contributed by atoms with E-state index in [9.17, 15) is 18.0 Å². The van der Waals surface area contributed by atoms with E-state index in [0.29, 0.717) is 48.7 Å². The summed E-state index contributed by atoms with van der Waals surface area (Å²) in [6.45, 7) is 2.86. The van der Waals surface area contributed by atoms with Crippen LogP contribution in [0, 0.1) is 6.92 Å². The van der Waals surface area contributed by atoms with Crippen LogP contribution in [-0.4, -0.2) is 54.6 Å². The molecule has 1 saturated heterocycles. The maximum atomic E-state index is 13.2. The zero-order valence-corrected chi connectivity index (χ0v) is 18.4. The Balaban J connectivity index is 1.67. The molecular weight excluding hydrogens is 430 g/mol.